The van der Waals surface area contributed by atoms with Crippen LogP contribution in [0.15, 0.2) is 22.7 Å². The van der Waals surface area contributed by atoms with Crippen LogP contribution in [0.4, 0.5) is 0 Å². The van der Waals surface area contributed by atoms with Gasteiger partial charge in [-0.25, -0.2) is 4.79 Å². The second-order valence-electron chi connectivity index (χ2n) is 6.20. The average molecular weight is 368 g/mol. The Bertz CT molecular complexity index is 731. The minimum absolute atomic E-state index is 0.114. The molecule has 0 amide bonds. The number of fused-ring (bicyclic) bond motifs is 1. The van der Waals surface area contributed by atoms with Gasteiger partial charge in [0.1, 0.15) is 28.9 Å². The van der Waals surface area contributed by atoms with Crippen molar-refractivity contribution in [2.45, 2.75) is 13.3 Å². The van der Waals surface area contributed by atoms with Crippen LogP contribution in [0.5, 0.6) is 0 Å². The number of methoxy groups -OCH3 is 3. The summed E-state index contributed by atoms with van der Waals surface area (Å²) in [4.78, 5) is 49.0. The fourth-order valence-corrected chi connectivity index (χ4v) is 3.63. The minimum Gasteiger partial charge on any atom is -0.510 e. The summed E-state index contributed by atoms with van der Waals surface area (Å²) in [5.41, 5.74) is -0.979. The molecule has 4 atom stereocenters. The molecular formula is C17H20O9. The number of Topliss-reactive ketones (excluding diaryl/α,β-unsaturated/α-hetero) is 1. The number of aliphatic hydroxyl groups excluding tert-OH is 2. The maximum absolute atomic E-state index is 12.9. The third-order valence-corrected chi connectivity index (χ3v) is 4.86. The highest BCUT2D eigenvalue weighted by molar-refractivity contribution is 6.12. The Morgan fingerprint density at radius 3 is 2.00 bits per heavy atom. The molecule has 2 N–H and O–H groups in total. The highest BCUT2D eigenvalue weighted by Gasteiger charge is 2.53. The van der Waals surface area contributed by atoms with Crippen molar-refractivity contribution in [2.75, 3.05) is 21.3 Å². The van der Waals surface area contributed by atoms with Gasteiger partial charge in [0.25, 0.3) is 0 Å². The molecule has 1 saturated carbocycles. The van der Waals surface area contributed by atoms with Crippen LogP contribution in [0, 0.1) is 23.7 Å². The maximum atomic E-state index is 12.9. The fraction of sp³-hybridized carbons (Fsp3) is 0.529. The average Bonchev–Trinajstić information content (AvgIpc) is 2.60. The Morgan fingerprint density at radius 2 is 1.50 bits per heavy atom. The van der Waals surface area contributed by atoms with E-state index in [2.05, 4.69) is 14.2 Å². The molecule has 2 aliphatic carbocycles. The monoisotopic (exact) mass is 368 g/mol. The molecule has 9 heteroatoms. The summed E-state index contributed by atoms with van der Waals surface area (Å²) in [5.74, 6) is -9.10. The van der Waals surface area contributed by atoms with Gasteiger partial charge in [-0.05, 0) is 12.3 Å². The predicted octanol–water partition coefficient (Wildman–Crippen LogP) is 0.601. The SMILES string of the molecule is COC(=O)C1=C(O)[C@H](C(=O)OC)[C@H]2CC(C)C(C(=O)OC)C(=O)C2=C1O. The Balaban J connectivity index is 2.69. The molecule has 0 heterocycles. The van der Waals surface area contributed by atoms with Crippen molar-refractivity contribution in [3.63, 3.8) is 0 Å². The molecule has 0 bridgehead atoms. The van der Waals surface area contributed by atoms with Gasteiger partial charge in [-0.1, -0.05) is 6.92 Å². The summed E-state index contributed by atoms with van der Waals surface area (Å²) < 4.78 is 13.8. The Morgan fingerprint density at radius 1 is 0.962 bits per heavy atom. The van der Waals surface area contributed by atoms with Crippen LogP contribution < -0.4 is 0 Å². The standard InChI is InChI=1S/C17H20O9/c1-6-5-7-9(12(18)8(6)15(21)24-2)13(19)11(17(23)26-4)14(20)10(7)16(22)25-3/h6-8,10,19-20H,5H2,1-4H3/t6?,7-,8?,10+/m0/s1. The van der Waals surface area contributed by atoms with Gasteiger partial charge >= 0.3 is 17.9 Å². The molecule has 9 nitrogen and oxygen atoms in total. The summed E-state index contributed by atoms with van der Waals surface area (Å²) in [6, 6.07) is 0. The first kappa shape index (κ1) is 19.5. The number of esters is 3. The largest absolute Gasteiger partial charge is 0.510 e. The molecule has 2 aliphatic rings. The zero-order valence-corrected chi connectivity index (χ0v) is 14.8. The summed E-state index contributed by atoms with van der Waals surface area (Å²) in [6.07, 6.45) is 0.114. The number of aliphatic hydroxyl groups is 2. The van der Waals surface area contributed by atoms with E-state index in [0.29, 0.717) is 0 Å². The van der Waals surface area contributed by atoms with Crippen molar-refractivity contribution < 1.29 is 43.6 Å². The first-order chi connectivity index (χ1) is 12.2. The first-order valence-electron chi connectivity index (χ1n) is 7.85. The van der Waals surface area contributed by atoms with Crippen LogP contribution in [0.1, 0.15) is 13.3 Å². The van der Waals surface area contributed by atoms with Crippen LogP contribution in [-0.4, -0.2) is 55.2 Å². The summed E-state index contributed by atoms with van der Waals surface area (Å²) in [7, 11) is 3.24. The van der Waals surface area contributed by atoms with Crippen LogP contribution in [0.2, 0.25) is 0 Å². The number of carbonyl (C=O) groups excluding carboxylic acids is 4. The molecular weight excluding hydrogens is 348 g/mol. The van der Waals surface area contributed by atoms with E-state index in [-0.39, 0.29) is 12.0 Å². The van der Waals surface area contributed by atoms with E-state index in [0.717, 1.165) is 21.3 Å². The Hall–Kier alpha value is -2.84. The molecule has 0 saturated heterocycles. The number of allylic oxidation sites excluding steroid dienone is 1. The molecule has 0 radical (unpaired) electrons. The second kappa shape index (κ2) is 7.19. The number of carbonyl (C=O) groups is 4. The maximum Gasteiger partial charge on any atom is 0.345 e. The highest BCUT2D eigenvalue weighted by Crippen LogP contribution is 2.47. The van der Waals surface area contributed by atoms with E-state index in [1.54, 1.807) is 6.92 Å². The molecule has 0 spiro atoms. The molecule has 0 aromatic rings. The van der Waals surface area contributed by atoms with Crippen molar-refractivity contribution in [3.05, 3.63) is 22.7 Å². The molecule has 0 aromatic heterocycles. The lowest BCUT2D eigenvalue weighted by Gasteiger charge is -2.39. The second-order valence-corrected chi connectivity index (χ2v) is 6.20. The van der Waals surface area contributed by atoms with Crippen molar-refractivity contribution in [3.8, 4) is 0 Å². The summed E-state index contributed by atoms with van der Waals surface area (Å²) in [5, 5.41) is 20.9. The van der Waals surface area contributed by atoms with Crippen LogP contribution >= 0.6 is 0 Å². The van der Waals surface area contributed by atoms with E-state index in [9.17, 15) is 29.4 Å². The predicted molar refractivity (Wildman–Crippen MR) is 84.6 cm³/mol. The summed E-state index contributed by atoms with van der Waals surface area (Å²) in [6.45, 7) is 1.62. The van der Waals surface area contributed by atoms with E-state index in [1.165, 1.54) is 0 Å². The van der Waals surface area contributed by atoms with Crippen LogP contribution in [-0.2, 0) is 33.4 Å². The molecule has 26 heavy (non-hydrogen) atoms. The van der Waals surface area contributed by atoms with Crippen LogP contribution in [0.3, 0.4) is 0 Å². The fourth-order valence-electron chi connectivity index (χ4n) is 3.63. The number of hydrogen-bond acceptors (Lipinski definition) is 9. The molecule has 2 unspecified atom stereocenters. The van der Waals surface area contributed by atoms with Gasteiger partial charge in [0, 0.05) is 11.5 Å². The zero-order chi connectivity index (χ0) is 19.8. The van der Waals surface area contributed by atoms with E-state index >= 15 is 0 Å². The van der Waals surface area contributed by atoms with E-state index < -0.39 is 64.5 Å². The first-order valence-corrected chi connectivity index (χ1v) is 7.85. The highest BCUT2D eigenvalue weighted by atomic mass is 16.5. The van der Waals surface area contributed by atoms with E-state index in [1.807, 2.05) is 0 Å². The van der Waals surface area contributed by atoms with Gasteiger partial charge in [-0.2, -0.15) is 0 Å². The zero-order valence-electron chi connectivity index (χ0n) is 14.8. The Kier molecular flexibility index (Phi) is 5.38. The molecule has 142 valence electrons. The van der Waals surface area contributed by atoms with Crippen molar-refractivity contribution >= 4 is 23.7 Å². The van der Waals surface area contributed by atoms with Gasteiger partial charge in [0.15, 0.2) is 5.78 Å². The minimum atomic E-state index is -1.37. The third kappa shape index (κ3) is 2.83. The normalized spacial score (nSPS) is 28.4. The van der Waals surface area contributed by atoms with Crippen molar-refractivity contribution in [1.82, 2.24) is 0 Å². The number of hydrogen-bond donors (Lipinski definition) is 2. The molecule has 0 aromatic carbocycles. The number of ketones is 1. The third-order valence-electron chi connectivity index (χ3n) is 4.86. The number of ether oxygens (including phenoxy) is 3. The quantitative estimate of drug-likeness (QED) is 0.417. The van der Waals surface area contributed by atoms with Gasteiger partial charge in [-0.3, -0.25) is 14.4 Å². The summed E-state index contributed by atoms with van der Waals surface area (Å²) >= 11 is 0. The number of rotatable bonds is 3. The van der Waals surface area contributed by atoms with Gasteiger partial charge in [0.05, 0.1) is 21.3 Å². The Labute approximate surface area is 149 Å². The molecule has 1 fully saturated rings. The lowest BCUT2D eigenvalue weighted by atomic mass is 9.63. The molecule has 0 aliphatic heterocycles. The van der Waals surface area contributed by atoms with Crippen molar-refractivity contribution in [2.24, 2.45) is 23.7 Å². The van der Waals surface area contributed by atoms with Crippen molar-refractivity contribution in [1.29, 1.82) is 0 Å². The topological polar surface area (TPSA) is 136 Å². The van der Waals surface area contributed by atoms with Gasteiger partial charge < -0.3 is 24.4 Å². The van der Waals surface area contributed by atoms with Gasteiger partial charge in [-0.15, -0.1) is 0 Å². The van der Waals surface area contributed by atoms with E-state index in [4.69, 9.17) is 0 Å². The molecule has 2 rings (SSSR count). The lowest BCUT2D eigenvalue weighted by Crippen LogP contribution is -2.46. The smallest absolute Gasteiger partial charge is 0.345 e. The van der Waals surface area contributed by atoms with Crippen LogP contribution in [0.25, 0.3) is 0 Å². The lowest BCUT2D eigenvalue weighted by molar-refractivity contribution is -0.153. The van der Waals surface area contributed by atoms with Gasteiger partial charge in [0.2, 0.25) is 0 Å².